The molecule has 2 N–H and O–H groups in total. The molecule has 1 amide bonds. The number of anilines is 1. The Balaban J connectivity index is 1.90. The molecular weight excluding hydrogens is 246 g/mol. The van der Waals surface area contributed by atoms with Gasteiger partial charge in [0.2, 0.25) is 11.7 Å². The van der Waals surface area contributed by atoms with Crippen molar-refractivity contribution >= 4 is 11.6 Å². The van der Waals surface area contributed by atoms with E-state index >= 15 is 0 Å². The molecule has 1 aromatic carbocycles. The van der Waals surface area contributed by atoms with Gasteiger partial charge in [-0.3, -0.25) is 4.79 Å². The molecule has 0 radical (unpaired) electrons. The number of methoxy groups -OCH3 is 1. The number of aromatic amines is 1. The van der Waals surface area contributed by atoms with E-state index in [0.717, 1.165) is 11.3 Å². The number of benzene rings is 1. The third kappa shape index (κ3) is 3.85. The SMILES string of the molecule is COCCCC(=O)Nc1ccc(-c2nn[nH]n2)cc1. The fourth-order valence-corrected chi connectivity index (χ4v) is 1.59. The normalized spacial score (nSPS) is 10.4. The molecule has 0 unspecified atom stereocenters. The van der Waals surface area contributed by atoms with Crippen LogP contribution >= 0.6 is 0 Å². The van der Waals surface area contributed by atoms with Gasteiger partial charge in [-0.15, -0.1) is 10.2 Å². The fourth-order valence-electron chi connectivity index (χ4n) is 1.59. The van der Waals surface area contributed by atoms with Gasteiger partial charge in [-0.25, -0.2) is 0 Å². The molecule has 1 heterocycles. The van der Waals surface area contributed by atoms with Crippen molar-refractivity contribution in [3.63, 3.8) is 0 Å². The van der Waals surface area contributed by atoms with Crippen molar-refractivity contribution in [2.75, 3.05) is 19.0 Å². The molecule has 0 saturated carbocycles. The first-order valence-corrected chi connectivity index (χ1v) is 5.92. The Labute approximate surface area is 110 Å². The highest BCUT2D eigenvalue weighted by atomic mass is 16.5. The van der Waals surface area contributed by atoms with Crippen molar-refractivity contribution in [1.29, 1.82) is 0 Å². The van der Waals surface area contributed by atoms with Crippen LogP contribution in [0.15, 0.2) is 24.3 Å². The number of rotatable bonds is 6. The quantitative estimate of drug-likeness (QED) is 0.763. The molecule has 1 aromatic heterocycles. The molecule has 2 aromatic rings. The second-order valence-electron chi connectivity index (χ2n) is 3.96. The second kappa shape index (κ2) is 6.60. The molecule has 0 spiro atoms. The molecular formula is C12H15N5O2. The van der Waals surface area contributed by atoms with Crippen LogP contribution in [0.4, 0.5) is 5.69 Å². The lowest BCUT2D eigenvalue weighted by atomic mass is 10.2. The average Bonchev–Trinajstić information content (AvgIpc) is 2.94. The van der Waals surface area contributed by atoms with Gasteiger partial charge < -0.3 is 10.1 Å². The van der Waals surface area contributed by atoms with Crippen molar-refractivity contribution < 1.29 is 9.53 Å². The predicted octanol–water partition coefficient (Wildman–Crippen LogP) is 1.23. The number of tetrazole rings is 1. The Hall–Kier alpha value is -2.28. The monoisotopic (exact) mass is 261 g/mol. The molecule has 0 saturated heterocycles. The maximum Gasteiger partial charge on any atom is 0.224 e. The van der Waals surface area contributed by atoms with E-state index in [4.69, 9.17) is 4.74 Å². The largest absolute Gasteiger partial charge is 0.385 e. The van der Waals surface area contributed by atoms with Crippen molar-refractivity contribution in [1.82, 2.24) is 20.6 Å². The lowest BCUT2D eigenvalue weighted by Gasteiger charge is -2.05. The van der Waals surface area contributed by atoms with E-state index in [1.54, 1.807) is 19.2 Å². The van der Waals surface area contributed by atoms with Crippen LogP contribution in [0.5, 0.6) is 0 Å². The number of nitrogens with one attached hydrogen (secondary N) is 2. The number of ether oxygens (including phenoxy) is 1. The summed E-state index contributed by atoms with van der Waals surface area (Å²) < 4.78 is 4.90. The molecule has 0 aliphatic carbocycles. The highest BCUT2D eigenvalue weighted by Crippen LogP contribution is 2.16. The van der Waals surface area contributed by atoms with Crippen LogP contribution in [0.25, 0.3) is 11.4 Å². The minimum absolute atomic E-state index is 0.0237. The predicted molar refractivity (Wildman–Crippen MR) is 69.4 cm³/mol. The van der Waals surface area contributed by atoms with Gasteiger partial charge in [0.05, 0.1) is 0 Å². The molecule has 7 heteroatoms. The van der Waals surface area contributed by atoms with Crippen LogP contribution in [0.1, 0.15) is 12.8 Å². The van der Waals surface area contributed by atoms with Crippen LogP contribution in [0.3, 0.4) is 0 Å². The second-order valence-corrected chi connectivity index (χ2v) is 3.96. The maximum absolute atomic E-state index is 11.6. The Bertz CT molecular complexity index is 509. The van der Waals surface area contributed by atoms with Gasteiger partial charge in [-0.2, -0.15) is 5.21 Å². The van der Waals surface area contributed by atoms with Crippen LogP contribution in [0.2, 0.25) is 0 Å². The third-order valence-electron chi connectivity index (χ3n) is 2.52. The highest BCUT2D eigenvalue weighted by Gasteiger charge is 2.04. The average molecular weight is 261 g/mol. The van der Waals surface area contributed by atoms with E-state index in [1.165, 1.54) is 0 Å². The topological polar surface area (TPSA) is 92.8 Å². The van der Waals surface area contributed by atoms with E-state index in [0.29, 0.717) is 25.3 Å². The van der Waals surface area contributed by atoms with Crippen molar-refractivity contribution in [2.24, 2.45) is 0 Å². The first-order chi connectivity index (χ1) is 9.29. The summed E-state index contributed by atoms with van der Waals surface area (Å²) >= 11 is 0. The summed E-state index contributed by atoms with van der Waals surface area (Å²) in [5.41, 5.74) is 1.58. The summed E-state index contributed by atoms with van der Waals surface area (Å²) in [5.74, 6) is 0.502. The molecule has 19 heavy (non-hydrogen) atoms. The minimum atomic E-state index is -0.0237. The number of carbonyl (C=O) groups excluding carboxylic acids is 1. The lowest BCUT2D eigenvalue weighted by molar-refractivity contribution is -0.116. The maximum atomic E-state index is 11.6. The van der Waals surface area contributed by atoms with Gasteiger partial charge in [0.15, 0.2) is 0 Å². The summed E-state index contributed by atoms with van der Waals surface area (Å²) in [6.07, 6.45) is 1.16. The first-order valence-electron chi connectivity index (χ1n) is 5.92. The number of carbonyl (C=O) groups is 1. The Morgan fingerprint density at radius 1 is 1.37 bits per heavy atom. The van der Waals surface area contributed by atoms with E-state index in [-0.39, 0.29) is 5.91 Å². The smallest absolute Gasteiger partial charge is 0.224 e. The van der Waals surface area contributed by atoms with Gasteiger partial charge in [-0.05, 0) is 35.9 Å². The summed E-state index contributed by atoms with van der Waals surface area (Å²) in [4.78, 5) is 11.6. The minimum Gasteiger partial charge on any atom is -0.385 e. The van der Waals surface area contributed by atoms with E-state index in [1.807, 2.05) is 12.1 Å². The number of amides is 1. The zero-order valence-corrected chi connectivity index (χ0v) is 10.6. The van der Waals surface area contributed by atoms with Crippen LogP contribution in [-0.2, 0) is 9.53 Å². The van der Waals surface area contributed by atoms with Crippen molar-refractivity contribution in [3.8, 4) is 11.4 Å². The number of hydrogen-bond acceptors (Lipinski definition) is 5. The van der Waals surface area contributed by atoms with Gasteiger partial charge in [0.25, 0.3) is 0 Å². The Morgan fingerprint density at radius 3 is 2.79 bits per heavy atom. The van der Waals surface area contributed by atoms with Crippen LogP contribution < -0.4 is 5.32 Å². The molecule has 0 aliphatic rings. The standard InChI is InChI=1S/C12H15N5O2/c1-19-8-2-3-11(18)13-10-6-4-9(5-7-10)12-14-16-17-15-12/h4-7H,2-3,8H2,1H3,(H,13,18)(H,14,15,16,17). The molecule has 100 valence electrons. The van der Waals surface area contributed by atoms with Crippen molar-refractivity contribution in [2.45, 2.75) is 12.8 Å². The van der Waals surface area contributed by atoms with Gasteiger partial charge in [0, 0.05) is 31.4 Å². The van der Waals surface area contributed by atoms with E-state index in [9.17, 15) is 4.79 Å². The Kier molecular flexibility index (Phi) is 4.57. The van der Waals surface area contributed by atoms with Crippen LogP contribution in [-0.4, -0.2) is 40.2 Å². The summed E-state index contributed by atoms with van der Waals surface area (Å²) in [7, 11) is 1.62. The summed E-state index contributed by atoms with van der Waals surface area (Å²) in [6, 6.07) is 7.27. The molecule has 0 aliphatic heterocycles. The lowest BCUT2D eigenvalue weighted by Crippen LogP contribution is -2.11. The van der Waals surface area contributed by atoms with Crippen LogP contribution in [0, 0.1) is 0 Å². The number of nitrogens with zero attached hydrogens (tertiary/aromatic N) is 3. The zero-order valence-electron chi connectivity index (χ0n) is 10.6. The van der Waals surface area contributed by atoms with E-state index < -0.39 is 0 Å². The molecule has 0 atom stereocenters. The number of hydrogen-bond donors (Lipinski definition) is 2. The molecule has 0 bridgehead atoms. The fraction of sp³-hybridized carbons (Fsp3) is 0.333. The summed E-state index contributed by atoms with van der Waals surface area (Å²) in [6.45, 7) is 0.587. The highest BCUT2D eigenvalue weighted by molar-refractivity contribution is 5.90. The van der Waals surface area contributed by atoms with Gasteiger partial charge >= 0.3 is 0 Å². The number of H-pyrrole nitrogens is 1. The van der Waals surface area contributed by atoms with Crippen molar-refractivity contribution in [3.05, 3.63) is 24.3 Å². The molecule has 0 fully saturated rings. The summed E-state index contributed by atoms with van der Waals surface area (Å²) in [5, 5.41) is 16.5. The van der Waals surface area contributed by atoms with E-state index in [2.05, 4.69) is 25.9 Å². The zero-order chi connectivity index (χ0) is 13.5. The first kappa shape index (κ1) is 13.2. The van der Waals surface area contributed by atoms with Gasteiger partial charge in [0.1, 0.15) is 0 Å². The molecule has 7 nitrogen and oxygen atoms in total. The van der Waals surface area contributed by atoms with Gasteiger partial charge in [-0.1, -0.05) is 0 Å². The molecule has 2 rings (SSSR count). The third-order valence-corrected chi connectivity index (χ3v) is 2.52. The number of aromatic nitrogens is 4. The Morgan fingerprint density at radius 2 is 2.16 bits per heavy atom.